The van der Waals surface area contributed by atoms with E-state index >= 15 is 0 Å². The van der Waals surface area contributed by atoms with Crippen molar-refractivity contribution in [2.75, 3.05) is 26.9 Å². The molecule has 8 nitrogen and oxygen atoms in total. The minimum absolute atomic E-state index is 0.189. The number of ether oxygens (including phenoxy) is 1. The third-order valence-electron chi connectivity index (χ3n) is 7.58. The molecule has 4 atom stereocenters. The normalized spacial score (nSPS) is 22.8. The van der Waals surface area contributed by atoms with Gasteiger partial charge in [0.15, 0.2) is 0 Å². The van der Waals surface area contributed by atoms with Gasteiger partial charge in [-0.1, -0.05) is 37.3 Å². The number of benzene rings is 1. The molecule has 2 heterocycles. The Bertz CT molecular complexity index is 1180. The van der Waals surface area contributed by atoms with Crippen molar-refractivity contribution in [2.45, 2.75) is 45.3 Å². The molecule has 2 aliphatic rings. The average Bonchev–Trinajstić information content (AvgIpc) is 3.49. The molecule has 3 N–H and O–H groups in total. The van der Waals surface area contributed by atoms with E-state index in [1.54, 1.807) is 19.2 Å². The largest absolute Gasteiger partial charge is 0.459 e. The van der Waals surface area contributed by atoms with Gasteiger partial charge in [-0.25, -0.2) is 0 Å². The van der Waals surface area contributed by atoms with Crippen molar-refractivity contribution in [2.24, 2.45) is 17.8 Å². The minimum Gasteiger partial charge on any atom is -0.459 e. The standard InChI is InChI=1S/C30H37NO7/c1-3-13-31-29(35)24-15-21(18-37-2)27(25(17-33)28(24)30(31)36)26(34)12-9-20(19-7-5-4-6-8-19)14-22-10-11-23(16-32)38-22/h4-8,10-11,14,24-26,28,32-34H,3,9,12-13,15-18H2,1-2H3/b20-14-/t24-,25+,26-,28-/m1/s1. The summed E-state index contributed by atoms with van der Waals surface area (Å²) in [6.45, 7) is 1.97. The van der Waals surface area contributed by atoms with E-state index in [0.717, 1.165) is 16.7 Å². The van der Waals surface area contributed by atoms with E-state index in [2.05, 4.69) is 0 Å². The number of allylic oxidation sites excluding steroid dienone is 1. The second-order valence-corrected chi connectivity index (χ2v) is 10.00. The summed E-state index contributed by atoms with van der Waals surface area (Å²) in [5, 5.41) is 31.3. The Morgan fingerprint density at radius 1 is 1.16 bits per heavy atom. The molecule has 204 valence electrons. The highest BCUT2D eigenvalue weighted by atomic mass is 16.5. The van der Waals surface area contributed by atoms with Gasteiger partial charge in [0, 0.05) is 19.6 Å². The van der Waals surface area contributed by atoms with Crippen LogP contribution in [0, 0.1) is 17.8 Å². The van der Waals surface area contributed by atoms with E-state index in [9.17, 15) is 24.9 Å². The van der Waals surface area contributed by atoms with Gasteiger partial charge >= 0.3 is 0 Å². The molecule has 1 saturated heterocycles. The van der Waals surface area contributed by atoms with Crippen molar-refractivity contribution in [1.29, 1.82) is 0 Å². The van der Waals surface area contributed by atoms with Crippen LogP contribution in [0.4, 0.5) is 0 Å². The summed E-state index contributed by atoms with van der Waals surface area (Å²) < 4.78 is 11.1. The van der Waals surface area contributed by atoms with Crippen LogP contribution in [-0.4, -0.2) is 65.0 Å². The summed E-state index contributed by atoms with van der Waals surface area (Å²) in [5.41, 5.74) is 3.31. The summed E-state index contributed by atoms with van der Waals surface area (Å²) in [4.78, 5) is 27.6. The van der Waals surface area contributed by atoms with Crippen LogP contribution in [0.15, 0.2) is 58.0 Å². The Balaban J connectivity index is 1.62. The lowest BCUT2D eigenvalue weighted by Gasteiger charge is -2.36. The molecule has 2 amide bonds. The van der Waals surface area contributed by atoms with E-state index in [4.69, 9.17) is 9.15 Å². The number of fused-ring (bicyclic) bond motifs is 1. The Labute approximate surface area is 223 Å². The molecule has 1 aromatic carbocycles. The van der Waals surface area contributed by atoms with Crippen LogP contribution in [-0.2, 0) is 20.9 Å². The number of furan rings is 1. The van der Waals surface area contributed by atoms with Crippen molar-refractivity contribution in [3.8, 4) is 0 Å². The monoisotopic (exact) mass is 523 g/mol. The maximum atomic E-state index is 13.2. The topological polar surface area (TPSA) is 120 Å². The van der Waals surface area contributed by atoms with Crippen LogP contribution in [0.5, 0.6) is 0 Å². The number of carbonyl (C=O) groups excluding carboxylic acids is 2. The molecule has 0 bridgehead atoms. The molecular formula is C30H37NO7. The Hall–Kier alpha value is -3.04. The van der Waals surface area contributed by atoms with Crippen molar-refractivity contribution < 1.29 is 34.1 Å². The van der Waals surface area contributed by atoms with Gasteiger partial charge in [-0.15, -0.1) is 0 Å². The van der Waals surface area contributed by atoms with Crippen molar-refractivity contribution in [1.82, 2.24) is 4.90 Å². The van der Waals surface area contributed by atoms with E-state index in [0.29, 0.717) is 49.3 Å². The molecule has 38 heavy (non-hydrogen) atoms. The quantitative estimate of drug-likeness (QED) is 0.288. The van der Waals surface area contributed by atoms with Gasteiger partial charge in [0.05, 0.1) is 31.2 Å². The number of imide groups is 1. The molecule has 1 aliphatic carbocycles. The summed E-state index contributed by atoms with van der Waals surface area (Å²) >= 11 is 0. The lowest BCUT2D eigenvalue weighted by molar-refractivity contribution is -0.140. The SMILES string of the molecule is CCCN1C(=O)[C@@H]2[C@@H](CC(COC)=C([C@H](O)CC/C(=C/c3ccc(CO)o3)c3ccccc3)[C@@H]2CO)C1=O. The van der Waals surface area contributed by atoms with Crippen LogP contribution in [0.1, 0.15) is 49.7 Å². The number of amides is 2. The summed E-state index contributed by atoms with van der Waals surface area (Å²) in [5.74, 6) is -1.24. The van der Waals surface area contributed by atoms with Crippen LogP contribution >= 0.6 is 0 Å². The number of aliphatic hydroxyl groups excluding tert-OH is 3. The molecule has 4 rings (SSSR count). The molecule has 2 aromatic rings. The second-order valence-electron chi connectivity index (χ2n) is 10.00. The molecule has 1 aliphatic heterocycles. The Morgan fingerprint density at radius 2 is 1.92 bits per heavy atom. The fraction of sp³-hybridized carbons (Fsp3) is 0.467. The predicted molar refractivity (Wildman–Crippen MR) is 142 cm³/mol. The van der Waals surface area contributed by atoms with Gasteiger partial charge in [0.25, 0.3) is 0 Å². The Morgan fingerprint density at radius 3 is 2.55 bits per heavy atom. The molecule has 0 unspecified atom stereocenters. The predicted octanol–water partition coefficient (Wildman–Crippen LogP) is 3.42. The first-order valence-electron chi connectivity index (χ1n) is 13.2. The van der Waals surface area contributed by atoms with Gasteiger partial charge in [-0.2, -0.15) is 0 Å². The van der Waals surface area contributed by atoms with Gasteiger partial charge in [-0.3, -0.25) is 14.5 Å². The molecular weight excluding hydrogens is 486 g/mol. The first kappa shape index (κ1) is 28.0. The number of likely N-dealkylation sites (tertiary alicyclic amines) is 1. The highest BCUT2D eigenvalue weighted by molar-refractivity contribution is 6.05. The number of methoxy groups -OCH3 is 1. The third-order valence-corrected chi connectivity index (χ3v) is 7.58. The number of nitrogens with zero attached hydrogens (tertiary/aromatic N) is 1. The third kappa shape index (κ3) is 5.68. The lowest BCUT2D eigenvalue weighted by atomic mass is 9.68. The number of carbonyl (C=O) groups is 2. The first-order valence-corrected chi connectivity index (χ1v) is 13.2. The molecule has 0 spiro atoms. The van der Waals surface area contributed by atoms with E-state index in [1.807, 2.05) is 43.3 Å². The van der Waals surface area contributed by atoms with E-state index in [1.165, 1.54) is 4.90 Å². The highest BCUT2D eigenvalue weighted by Crippen LogP contribution is 2.46. The van der Waals surface area contributed by atoms with Crippen molar-refractivity contribution >= 4 is 23.5 Å². The number of hydrogen-bond acceptors (Lipinski definition) is 7. The zero-order valence-corrected chi connectivity index (χ0v) is 22.0. The second kappa shape index (κ2) is 12.7. The fourth-order valence-corrected chi connectivity index (χ4v) is 5.90. The number of aliphatic hydroxyl groups is 3. The van der Waals surface area contributed by atoms with Crippen LogP contribution in [0.3, 0.4) is 0 Å². The van der Waals surface area contributed by atoms with E-state index < -0.39 is 23.9 Å². The van der Waals surface area contributed by atoms with Crippen molar-refractivity contribution in [3.63, 3.8) is 0 Å². The average molecular weight is 524 g/mol. The van der Waals surface area contributed by atoms with Crippen molar-refractivity contribution in [3.05, 3.63) is 70.7 Å². The van der Waals surface area contributed by atoms with Gasteiger partial charge in [0.2, 0.25) is 11.8 Å². The molecule has 1 fully saturated rings. The molecule has 1 aromatic heterocycles. The maximum absolute atomic E-state index is 13.2. The van der Waals surface area contributed by atoms with E-state index in [-0.39, 0.29) is 31.6 Å². The molecule has 0 radical (unpaired) electrons. The zero-order valence-electron chi connectivity index (χ0n) is 22.0. The number of rotatable bonds is 12. The smallest absolute Gasteiger partial charge is 0.233 e. The number of hydrogen-bond donors (Lipinski definition) is 3. The van der Waals surface area contributed by atoms with Crippen LogP contribution in [0.2, 0.25) is 0 Å². The maximum Gasteiger partial charge on any atom is 0.233 e. The Kier molecular flexibility index (Phi) is 9.33. The summed E-state index contributed by atoms with van der Waals surface area (Å²) in [6, 6.07) is 13.3. The molecule has 8 heteroatoms. The van der Waals surface area contributed by atoms with Crippen LogP contribution < -0.4 is 0 Å². The van der Waals surface area contributed by atoms with Gasteiger partial charge < -0.3 is 24.5 Å². The van der Waals surface area contributed by atoms with Crippen LogP contribution in [0.25, 0.3) is 11.6 Å². The summed E-state index contributed by atoms with van der Waals surface area (Å²) in [7, 11) is 1.56. The minimum atomic E-state index is -0.932. The zero-order chi connectivity index (χ0) is 27.2. The lowest BCUT2D eigenvalue weighted by Crippen LogP contribution is -2.39. The fourth-order valence-electron chi connectivity index (χ4n) is 5.90. The highest BCUT2D eigenvalue weighted by Gasteiger charge is 2.54. The first-order chi connectivity index (χ1) is 18.4. The summed E-state index contributed by atoms with van der Waals surface area (Å²) in [6.07, 6.45) is 2.80. The van der Waals surface area contributed by atoms with Gasteiger partial charge in [0.1, 0.15) is 18.1 Å². The van der Waals surface area contributed by atoms with Gasteiger partial charge in [-0.05, 0) is 66.2 Å². The molecule has 0 saturated carbocycles.